The van der Waals surface area contributed by atoms with Crippen molar-refractivity contribution in [1.82, 2.24) is 14.0 Å². The lowest BCUT2D eigenvalue weighted by molar-refractivity contribution is 0.100. The molecule has 0 saturated carbocycles. The first-order valence-electron chi connectivity index (χ1n) is 20.0. The summed E-state index contributed by atoms with van der Waals surface area (Å²) in [5.74, 6) is 0. The van der Waals surface area contributed by atoms with E-state index in [0.29, 0.717) is 70.7 Å². The minimum atomic E-state index is -4.37. The zero-order chi connectivity index (χ0) is 43.9. The van der Waals surface area contributed by atoms with Crippen LogP contribution in [0.2, 0.25) is 20.1 Å². The van der Waals surface area contributed by atoms with E-state index in [1.54, 1.807) is 36.4 Å². The van der Waals surface area contributed by atoms with Crippen LogP contribution in [0.5, 0.6) is 0 Å². The summed E-state index contributed by atoms with van der Waals surface area (Å²) in [5.41, 5.74) is 9.00. The third kappa shape index (κ3) is 9.91. The third-order valence-corrected chi connectivity index (χ3v) is 17.2. The number of rotatable bonds is 16. The maximum absolute atomic E-state index is 12.1. The Morgan fingerprint density at radius 2 is 1.06 bits per heavy atom. The van der Waals surface area contributed by atoms with Gasteiger partial charge in [-0.25, -0.2) is 0 Å². The maximum atomic E-state index is 12.1. The number of thiophene rings is 2. The summed E-state index contributed by atoms with van der Waals surface area (Å²) < 4.78 is 84.5. The van der Waals surface area contributed by atoms with Gasteiger partial charge in [0.2, 0.25) is 0 Å². The molecule has 8 rings (SSSR count). The molecular weight excluding hydrogens is 957 g/mol. The van der Waals surface area contributed by atoms with Gasteiger partial charge in [-0.15, -0.1) is 22.7 Å². The van der Waals surface area contributed by atoms with Gasteiger partial charge in [-0.3, -0.25) is 9.11 Å². The van der Waals surface area contributed by atoms with Gasteiger partial charge in [-0.2, -0.15) is 16.8 Å². The smallest absolute Gasteiger partial charge is 0.304 e. The van der Waals surface area contributed by atoms with E-state index in [2.05, 4.69) is 11.9 Å². The van der Waals surface area contributed by atoms with Crippen molar-refractivity contribution in [3.63, 3.8) is 0 Å². The van der Waals surface area contributed by atoms with Crippen molar-refractivity contribution in [2.45, 2.75) is 73.0 Å². The van der Waals surface area contributed by atoms with Gasteiger partial charge in [0.05, 0.1) is 55.8 Å². The van der Waals surface area contributed by atoms with Crippen LogP contribution in [0.4, 0.5) is 0 Å². The molecule has 0 saturated heterocycles. The van der Waals surface area contributed by atoms with Crippen molar-refractivity contribution in [2.75, 3.05) is 33.4 Å². The molecule has 0 aliphatic heterocycles. The number of hydrogen-bond acceptors (Lipinski definition) is 9. The maximum Gasteiger partial charge on any atom is 0.304 e. The van der Waals surface area contributed by atoms with E-state index in [0.717, 1.165) is 129 Å². The molecule has 0 radical (unpaired) electrons. The van der Waals surface area contributed by atoms with Crippen LogP contribution >= 0.6 is 69.1 Å². The molecule has 19 heteroatoms. The van der Waals surface area contributed by atoms with Crippen LogP contribution in [0.25, 0.3) is 32.5 Å². The zero-order valence-corrected chi connectivity index (χ0v) is 39.8. The highest BCUT2D eigenvalue weighted by Gasteiger charge is 2.30. The lowest BCUT2D eigenvalue weighted by Crippen LogP contribution is -2.23. The highest BCUT2D eigenvalue weighted by molar-refractivity contribution is 7.88. The van der Waals surface area contributed by atoms with Gasteiger partial charge in [0.25, 0.3) is 0 Å². The lowest BCUT2D eigenvalue weighted by atomic mass is 10.1. The summed E-state index contributed by atoms with van der Waals surface area (Å²) in [6.45, 7) is 3.46. The fourth-order valence-electron chi connectivity index (χ4n) is 8.32. The summed E-state index contributed by atoms with van der Waals surface area (Å²) in [4.78, 5) is 3.83. The van der Waals surface area contributed by atoms with Gasteiger partial charge in [-0.05, 0) is 140 Å². The summed E-state index contributed by atoms with van der Waals surface area (Å²) in [6, 6.07) is 13.7. The summed E-state index contributed by atoms with van der Waals surface area (Å²) in [5, 5.41) is 1.92. The highest BCUT2D eigenvalue weighted by atomic mass is 35.5. The van der Waals surface area contributed by atoms with Gasteiger partial charge in [0.15, 0.2) is 0 Å². The predicted octanol–water partition coefficient (Wildman–Crippen LogP) is 11.3. The molecule has 2 aliphatic carbocycles. The molecule has 0 amide bonds. The molecule has 2 aliphatic rings. The molecule has 6 aromatic rings. The summed E-state index contributed by atoms with van der Waals surface area (Å²) in [7, 11) is -6.66. The Kier molecular flexibility index (Phi) is 14.0. The Balaban J connectivity index is 0.877. The molecule has 4 heterocycles. The standard InChI is InChI=1S/C43H43Cl4N3O8S4/c1-48(14-4-16-57-24-28-22-49(36-12-10-30(44)20-34(36)46)40-32(28)8-2-6-26-18-38(59-42(26)40)61(51,52)53)15-5-17-58-25-29-23-50(37-13-11-31(45)21-35(37)47)41-33(29)9-3-7-27-19-39(60-43(27)41)62(54,55)56/h10-13,18-23H,2-9,14-17,24-25H2,1H3,(H,51,52,53)(H,54,55,56). The Labute approximate surface area is 389 Å². The van der Waals surface area contributed by atoms with Crippen molar-refractivity contribution < 1.29 is 35.4 Å². The van der Waals surface area contributed by atoms with Crippen LogP contribution in [0.15, 0.2) is 69.3 Å². The number of aromatic nitrogens is 2. The number of halogens is 4. The Morgan fingerprint density at radius 1 is 0.645 bits per heavy atom. The first-order valence-corrected chi connectivity index (χ1v) is 26.0. The van der Waals surface area contributed by atoms with Crippen molar-refractivity contribution in [1.29, 1.82) is 0 Å². The van der Waals surface area contributed by atoms with E-state index in [4.69, 9.17) is 55.9 Å². The molecule has 0 unspecified atom stereocenters. The van der Waals surface area contributed by atoms with E-state index >= 15 is 0 Å². The first-order chi connectivity index (χ1) is 29.6. The fraction of sp³-hybridized carbons (Fsp3) is 0.349. The number of benzene rings is 2. The van der Waals surface area contributed by atoms with E-state index in [9.17, 15) is 25.9 Å². The second kappa shape index (κ2) is 19.0. The topological polar surface area (TPSA) is 140 Å². The summed E-state index contributed by atoms with van der Waals surface area (Å²) >= 11 is 28.0. The average molecular weight is 1000 g/mol. The predicted molar refractivity (Wildman–Crippen MR) is 248 cm³/mol. The summed E-state index contributed by atoms with van der Waals surface area (Å²) in [6.07, 6.45) is 10.2. The molecule has 0 spiro atoms. The van der Waals surface area contributed by atoms with Crippen LogP contribution in [-0.4, -0.2) is 73.3 Å². The Morgan fingerprint density at radius 3 is 1.45 bits per heavy atom. The first kappa shape index (κ1) is 45.8. The van der Waals surface area contributed by atoms with Crippen molar-refractivity contribution >= 4 is 89.3 Å². The average Bonchev–Trinajstić information content (AvgIpc) is 3.94. The van der Waals surface area contributed by atoms with Crippen molar-refractivity contribution in [3.05, 3.63) is 114 Å². The van der Waals surface area contributed by atoms with Crippen LogP contribution in [0.1, 0.15) is 59.1 Å². The van der Waals surface area contributed by atoms with E-state index in [-0.39, 0.29) is 8.42 Å². The zero-order valence-electron chi connectivity index (χ0n) is 33.5. The normalized spacial score (nSPS) is 14.1. The lowest BCUT2D eigenvalue weighted by Gasteiger charge is -2.16. The van der Waals surface area contributed by atoms with Crippen molar-refractivity contribution in [3.8, 4) is 32.5 Å². The minimum Gasteiger partial charge on any atom is -0.377 e. The molecular formula is C43H43Cl4N3O8S4. The second-order valence-corrected chi connectivity index (χ2v) is 22.6. The van der Waals surface area contributed by atoms with E-state index in [1.807, 2.05) is 33.7 Å². The highest BCUT2D eigenvalue weighted by Crippen LogP contribution is 2.46. The molecule has 62 heavy (non-hydrogen) atoms. The third-order valence-electron chi connectivity index (χ3n) is 11.2. The number of hydrogen-bond donors (Lipinski definition) is 2. The van der Waals surface area contributed by atoms with Gasteiger partial charge >= 0.3 is 20.2 Å². The molecule has 0 fully saturated rings. The van der Waals surface area contributed by atoms with Gasteiger partial charge in [0.1, 0.15) is 8.42 Å². The minimum absolute atomic E-state index is 0.0814. The van der Waals surface area contributed by atoms with E-state index < -0.39 is 20.2 Å². The monoisotopic (exact) mass is 997 g/mol. The number of ether oxygens (including phenoxy) is 2. The molecule has 2 N–H and O–H groups in total. The van der Waals surface area contributed by atoms with Crippen LogP contribution < -0.4 is 0 Å². The van der Waals surface area contributed by atoms with Gasteiger partial charge < -0.3 is 23.5 Å². The Bertz CT molecular complexity index is 2680. The van der Waals surface area contributed by atoms with Crippen LogP contribution in [0.3, 0.4) is 0 Å². The van der Waals surface area contributed by atoms with Gasteiger partial charge in [-0.1, -0.05) is 46.4 Å². The molecule has 2 aromatic carbocycles. The van der Waals surface area contributed by atoms with Crippen LogP contribution in [-0.2, 0) is 68.6 Å². The Hall–Kier alpha value is -2.74. The molecule has 11 nitrogen and oxygen atoms in total. The quantitative estimate of drug-likeness (QED) is 0.0716. The van der Waals surface area contributed by atoms with Gasteiger partial charge in [0, 0.05) is 48.7 Å². The molecule has 0 bridgehead atoms. The van der Waals surface area contributed by atoms with Crippen molar-refractivity contribution in [2.24, 2.45) is 0 Å². The number of fused-ring (bicyclic) bond motifs is 6. The fourth-order valence-corrected chi connectivity index (χ4v) is 13.3. The second-order valence-electron chi connectivity index (χ2n) is 15.5. The van der Waals surface area contributed by atoms with E-state index in [1.165, 1.54) is 0 Å². The largest absolute Gasteiger partial charge is 0.377 e. The number of nitrogens with zero attached hydrogens (tertiary/aromatic N) is 3. The molecule has 330 valence electrons. The number of aryl methyl sites for hydroxylation is 2. The molecule has 4 aromatic heterocycles. The SMILES string of the molecule is CN(CCCOCc1cn(-c2ccc(Cl)cc2Cl)c2c1CCCc1cc(S(=O)(=O)O)sc1-2)CCCOCc1cn(-c2ccc(Cl)cc2Cl)c2c1CCCc1cc(S(=O)(=O)O)sc1-2. The van der Waals surface area contributed by atoms with Crippen LogP contribution in [0, 0.1) is 0 Å². The molecule has 0 atom stereocenters.